The van der Waals surface area contributed by atoms with Crippen molar-refractivity contribution in [3.63, 3.8) is 0 Å². The van der Waals surface area contributed by atoms with Crippen molar-refractivity contribution >= 4 is 6.08 Å². The van der Waals surface area contributed by atoms with E-state index in [1.807, 2.05) is 6.92 Å². The van der Waals surface area contributed by atoms with Crippen LogP contribution in [0.5, 0.6) is 0 Å². The van der Waals surface area contributed by atoms with Crippen LogP contribution in [-0.2, 0) is 7.05 Å². The fourth-order valence-corrected chi connectivity index (χ4v) is 0.627. The van der Waals surface area contributed by atoms with E-state index in [4.69, 9.17) is 5.73 Å². The summed E-state index contributed by atoms with van der Waals surface area (Å²) in [5, 5.41) is 10.9. The number of hydrogen-bond donors (Lipinski definition) is 1. The van der Waals surface area contributed by atoms with Crippen molar-refractivity contribution in [1.82, 2.24) is 20.2 Å². The molecule has 5 nitrogen and oxygen atoms in total. The van der Waals surface area contributed by atoms with Crippen LogP contribution in [0.25, 0.3) is 6.08 Å². The SMILES string of the molecule is CCC(N)=Cc1nnnn1C. The second-order valence-corrected chi connectivity index (χ2v) is 2.23. The van der Waals surface area contributed by atoms with Gasteiger partial charge in [0.1, 0.15) is 0 Å². The topological polar surface area (TPSA) is 69.6 Å². The van der Waals surface area contributed by atoms with E-state index >= 15 is 0 Å². The van der Waals surface area contributed by atoms with E-state index in [1.165, 1.54) is 0 Å². The molecule has 0 aliphatic rings. The van der Waals surface area contributed by atoms with Crippen molar-refractivity contribution in [2.75, 3.05) is 0 Å². The van der Waals surface area contributed by atoms with E-state index in [-0.39, 0.29) is 0 Å². The number of hydrogen-bond acceptors (Lipinski definition) is 4. The van der Waals surface area contributed by atoms with Crippen LogP contribution in [0.4, 0.5) is 0 Å². The Morgan fingerprint density at radius 1 is 1.73 bits per heavy atom. The molecule has 0 aliphatic carbocycles. The molecule has 0 bridgehead atoms. The van der Waals surface area contributed by atoms with Crippen LogP contribution in [0.2, 0.25) is 0 Å². The van der Waals surface area contributed by atoms with E-state index in [1.54, 1.807) is 17.8 Å². The molecule has 1 aromatic rings. The molecule has 2 N–H and O–H groups in total. The Morgan fingerprint density at radius 2 is 2.45 bits per heavy atom. The van der Waals surface area contributed by atoms with Gasteiger partial charge in [0, 0.05) is 18.8 Å². The number of nitrogens with two attached hydrogens (primary N) is 1. The molecule has 0 amide bonds. The zero-order valence-corrected chi connectivity index (χ0v) is 6.65. The largest absolute Gasteiger partial charge is 0.402 e. The van der Waals surface area contributed by atoms with Crippen LogP contribution in [-0.4, -0.2) is 20.2 Å². The zero-order valence-electron chi connectivity index (χ0n) is 6.65. The van der Waals surface area contributed by atoms with Crippen LogP contribution < -0.4 is 5.73 Å². The Balaban J connectivity index is 2.86. The number of aromatic nitrogens is 4. The van der Waals surface area contributed by atoms with Crippen molar-refractivity contribution in [3.05, 3.63) is 11.5 Å². The molecular weight excluding hydrogens is 142 g/mol. The summed E-state index contributed by atoms with van der Waals surface area (Å²) in [6.45, 7) is 1.98. The highest BCUT2D eigenvalue weighted by Crippen LogP contribution is 1.98. The molecule has 0 radical (unpaired) electrons. The van der Waals surface area contributed by atoms with Gasteiger partial charge in [0.15, 0.2) is 5.82 Å². The summed E-state index contributed by atoms with van der Waals surface area (Å²) in [6, 6.07) is 0. The van der Waals surface area contributed by atoms with Crippen LogP contribution >= 0.6 is 0 Å². The first-order chi connectivity index (χ1) is 5.24. The molecular formula is C6H11N5. The van der Waals surface area contributed by atoms with Gasteiger partial charge in [-0.25, -0.2) is 4.68 Å². The highest BCUT2D eigenvalue weighted by molar-refractivity contribution is 5.42. The summed E-state index contributed by atoms with van der Waals surface area (Å²) in [5.41, 5.74) is 6.37. The maximum atomic E-state index is 5.59. The first-order valence-electron chi connectivity index (χ1n) is 3.42. The van der Waals surface area contributed by atoms with Crippen molar-refractivity contribution < 1.29 is 0 Å². The van der Waals surface area contributed by atoms with E-state index in [0.717, 1.165) is 12.1 Å². The van der Waals surface area contributed by atoms with Crippen molar-refractivity contribution in [2.45, 2.75) is 13.3 Å². The smallest absolute Gasteiger partial charge is 0.176 e. The summed E-state index contributed by atoms with van der Waals surface area (Å²) in [4.78, 5) is 0. The van der Waals surface area contributed by atoms with E-state index < -0.39 is 0 Å². The fourth-order valence-electron chi connectivity index (χ4n) is 0.627. The number of tetrazole rings is 1. The van der Waals surface area contributed by atoms with Gasteiger partial charge in [0.25, 0.3) is 0 Å². The average Bonchev–Trinajstić information content (AvgIpc) is 2.37. The Labute approximate surface area is 64.9 Å². The van der Waals surface area contributed by atoms with E-state index in [0.29, 0.717) is 5.82 Å². The Kier molecular flexibility index (Phi) is 2.20. The Bertz CT molecular complexity index is 262. The lowest BCUT2D eigenvalue weighted by molar-refractivity contribution is 0.706. The predicted octanol–water partition coefficient (Wildman–Crippen LogP) is -0.0803. The first-order valence-corrected chi connectivity index (χ1v) is 3.42. The first kappa shape index (κ1) is 7.71. The summed E-state index contributed by atoms with van der Waals surface area (Å²) in [6.07, 6.45) is 2.58. The maximum Gasteiger partial charge on any atom is 0.176 e. The lowest BCUT2D eigenvalue weighted by atomic mass is 10.3. The molecule has 0 aliphatic heterocycles. The van der Waals surface area contributed by atoms with E-state index in [9.17, 15) is 0 Å². The van der Waals surface area contributed by atoms with E-state index in [2.05, 4.69) is 15.5 Å². The molecule has 0 unspecified atom stereocenters. The highest BCUT2D eigenvalue weighted by atomic mass is 15.5. The fraction of sp³-hybridized carbons (Fsp3) is 0.500. The molecule has 5 heteroatoms. The molecule has 60 valence electrons. The van der Waals surface area contributed by atoms with Gasteiger partial charge in [0.2, 0.25) is 0 Å². The average molecular weight is 153 g/mol. The van der Waals surface area contributed by atoms with Crippen LogP contribution in [0.15, 0.2) is 5.70 Å². The predicted molar refractivity (Wildman–Crippen MR) is 41.3 cm³/mol. The third-order valence-corrected chi connectivity index (χ3v) is 1.38. The quantitative estimate of drug-likeness (QED) is 0.645. The molecule has 0 atom stereocenters. The Morgan fingerprint density at radius 3 is 2.91 bits per heavy atom. The molecule has 0 aromatic carbocycles. The molecule has 0 saturated carbocycles. The van der Waals surface area contributed by atoms with Gasteiger partial charge in [-0.3, -0.25) is 0 Å². The zero-order chi connectivity index (χ0) is 8.27. The standard InChI is InChI=1S/C6H11N5/c1-3-5(7)4-6-8-9-10-11(6)2/h4H,3,7H2,1-2H3. The molecule has 11 heavy (non-hydrogen) atoms. The van der Waals surface area contributed by atoms with Crippen LogP contribution in [0.3, 0.4) is 0 Å². The van der Waals surface area contributed by atoms with Gasteiger partial charge >= 0.3 is 0 Å². The molecule has 1 aromatic heterocycles. The maximum absolute atomic E-state index is 5.59. The molecule has 1 heterocycles. The van der Waals surface area contributed by atoms with Crippen LogP contribution in [0.1, 0.15) is 19.2 Å². The minimum atomic E-state index is 0.685. The van der Waals surface area contributed by atoms with Gasteiger partial charge in [-0.2, -0.15) is 0 Å². The second kappa shape index (κ2) is 3.14. The summed E-state index contributed by atoms with van der Waals surface area (Å²) < 4.78 is 1.57. The van der Waals surface area contributed by atoms with Crippen LogP contribution in [0, 0.1) is 0 Å². The summed E-state index contributed by atoms with van der Waals surface area (Å²) in [5.74, 6) is 0.685. The third-order valence-electron chi connectivity index (χ3n) is 1.38. The van der Waals surface area contributed by atoms with Gasteiger partial charge in [-0.15, -0.1) is 5.10 Å². The summed E-state index contributed by atoms with van der Waals surface area (Å²) in [7, 11) is 1.77. The third kappa shape index (κ3) is 1.76. The molecule has 0 spiro atoms. The molecule has 0 fully saturated rings. The molecule has 1 rings (SSSR count). The number of aryl methyl sites for hydroxylation is 1. The van der Waals surface area contributed by atoms with Crippen molar-refractivity contribution in [1.29, 1.82) is 0 Å². The number of allylic oxidation sites excluding steroid dienone is 1. The summed E-state index contributed by atoms with van der Waals surface area (Å²) >= 11 is 0. The van der Waals surface area contributed by atoms with Gasteiger partial charge in [0.05, 0.1) is 0 Å². The van der Waals surface area contributed by atoms with Gasteiger partial charge in [-0.05, 0) is 16.8 Å². The van der Waals surface area contributed by atoms with Crippen molar-refractivity contribution in [3.8, 4) is 0 Å². The molecule has 0 saturated heterocycles. The lowest BCUT2D eigenvalue weighted by Gasteiger charge is -1.93. The highest BCUT2D eigenvalue weighted by Gasteiger charge is 1.96. The van der Waals surface area contributed by atoms with Crippen molar-refractivity contribution in [2.24, 2.45) is 12.8 Å². The lowest BCUT2D eigenvalue weighted by Crippen LogP contribution is -1.99. The second-order valence-electron chi connectivity index (χ2n) is 2.23. The normalized spacial score (nSPS) is 12.0. The van der Waals surface area contributed by atoms with Gasteiger partial charge in [-0.1, -0.05) is 6.92 Å². The van der Waals surface area contributed by atoms with Gasteiger partial charge < -0.3 is 5.73 Å². The monoisotopic (exact) mass is 153 g/mol. The Hall–Kier alpha value is -1.39. The number of rotatable bonds is 2. The minimum Gasteiger partial charge on any atom is -0.402 e. The number of nitrogens with zero attached hydrogens (tertiary/aromatic N) is 4. The minimum absolute atomic E-state index is 0.685.